The van der Waals surface area contributed by atoms with Gasteiger partial charge in [0.1, 0.15) is 11.6 Å². The molecule has 0 aromatic heterocycles. The lowest BCUT2D eigenvalue weighted by Gasteiger charge is -2.23. The minimum atomic E-state index is -0.165. The van der Waals surface area contributed by atoms with Crippen molar-refractivity contribution in [3.05, 3.63) is 29.6 Å². The second kappa shape index (κ2) is 7.07. The van der Waals surface area contributed by atoms with Crippen molar-refractivity contribution in [1.29, 1.82) is 0 Å². The smallest absolute Gasteiger partial charge is 0.123 e. The first-order chi connectivity index (χ1) is 9.61. The molecule has 1 aromatic carbocycles. The van der Waals surface area contributed by atoms with Crippen molar-refractivity contribution < 1.29 is 9.13 Å². The summed E-state index contributed by atoms with van der Waals surface area (Å²) in [6, 6.07) is 4.88. The Kier molecular flexibility index (Phi) is 5.41. The molecule has 1 aromatic rings. The van der Waals surface area contributed by atoms with Crippen LogP contribution in [0, 0.1) is 17.7 Å². The van der Waals surface area contributed by atoms with Gasteiger partial charge in [0.15, 0.2) is 0 Å². The highest BCUT2D eigenvalue weighted by molar-refractivity contribution is 5.37. The second-order valence-electron chi connectivity index (χ2n) is 6.24. The summed E-state index contributed by atoms with van der Waals surface area (Å²) in [5, 5.41) is 3.54. The largest absolute Gasteiger partial charge is 0.496 e. The molecule has 1 N–H and O–H groups in total. The lowest BCUT2D eigenvalue weighted by atomic mass is 9.88. The van der Waals surface area contributed by atoms with Gasteiger partial charge in [0.25, 0.3) is 0 Å². The zero-order chi connectivity index (χ0) is 14.5. The molecule has 1 aliphatic carbocycles. The molecule has 0 saturated heterocycles. The lowest BCUT2D eigenvalue weighted by molar-refractivity contribution is 0.384. The van der Waals surface area contributed by atoms with Crippen molar-refractivity contribution in [3.8, 4) is 5.75 Å². The first kappa shape index (κ1) is 15.3. The van der Waals surface area contributed by atoms with Crippen LogP contribution >= 0.6 is 0 Å². The molecule has 0 aliphatic heterocycles. The lowest BCUT2D eigenvalue weighted by Crippen LogP contribution is -2.27. The Morgan fingerprint density at radius 2 is 2.15 bits per heavy atom. The van der Waals surface area contributed by atoms with E-state index in [1.807, 2.05) is 0 Å². The summed E-state index contributed by atoms with van der Waals surface area (Å²) in [6.45, 7) is 6.50. The minimum Gasteiger partial charge on any atom is -0.496 e. The second-order valence-corrected chi connectivity index (χ2v) is 6.24. The standard InChI is InChI=1S/C17H26FNO/c1-12(2)10-19-11-13-5-4-6-15(13)16-9-14(18)7-8-17(16)20-3/h7-9,12-13,15,19H,4-6,10-11H2,1-3H3. The quantitative estimate of drug-likeness (QED) is 0.851. The van der Waals surface area contributed by atoms with Crippen molar-refractivity contribution in [2.45, 2.75) is 39.0 Å². The topological polar surface area (TPSA) is 21.3 Å². The van der Waals surface area contributed by atoms with Gasteiger partial charge in [-0.15, -0.1) is 0 Å². The first-order valence-corrected chi connectivity index (χ1v) is 7.66. The molecule has 2 nitrogen and oxygen atoms in total. The van der Waals surface area contributed by atoms with Gasteiger partial charge in [-0.1, -0.05) is 20.3 Å². The number of benzene rings is 1. The molecular weight excluding hydrogens is 253 g/mol. The fourth-order valence-corrected chi connectivity index (χ4v) is 3.24. The van der Waals surface area contributed by atoms with E-state index in [2.05, 4.69) is 19.2 Å². The van der Waals surface area contributed by atoms with E-state index < -0.39 is 0 Å². The highest BCUT2D eigenvalue weighted by atomic mass is 19.1. The van der Waals surface area contributed by atoms with E-state index in [4.69, 9.17) is 4.74 Å². The van der Waals surface area contributed by atoms with E-state index in [9.17, 15) is 4.39 Å². The van der Waals surface area contributed by atoms with Crippen LogP contribution in [0.4, 0.5) is 4.39 Å². The molecule has 1 aliphatic rings. The third kappa shape index (κ3) is 3.72. The monoisotopic (exact) mass is 279 g/mol. The van der Waals surface area contributed by atoms with E-state index in [1.54, 1.807) is 19.2 Å². The predicted molar refractivity (Wildman–Crippen MR) is 80.7 cm³/mol. The van der Waals surface area contributed by atoms with Crippen molar-refractivity contribution in [2.75, 3.05) is 20.2 Å². The van der Waals surface area contributed by atoms with Gasteiger partial charge in [-0.3, -0.25) is 0 Å². The van der Waals surface area contributed by atoms with Gasteiger partial charge in [0.05, 0.1) is 7.11 Å². The van der Waals surface area contributed by atoms with Crippen LogP contribution in [0.25, 0.3) is 0 Å². The van der Waals surface area contributed by atoms with Crippen molar-refractivity contribution in [2.24, 2.45) is 11.8 Å². The van der Waals surface area contributed by atoms with Crippen LogP contribution in [-0.2, 0) is 0 Å². The molecule has 3 heteroatoms. The minimum absolute atomic E-state index is 0.165. The van der Waals surface area contributed by atoms with Crippen LogP contribution < -0.4 is 10.1 Å². The summed E-state index contributed by atoms with van der Waals surface area (Å²) in [7, 11) is 1.66. The number of methoxy groups -OCH3 is 1. The molecule has 0 heterocycles. The molecule has 0 amide bonds. The maximum atomic E-state index is 13.6. The summed E-state index contributed by atoms with van der Waals surface area (Å²) in [5.41, 5.74) is 1.04. The summed E-state index contributed by atoms with van der Waals surface area (Å²) in [6.07, 6.45) is 3.57. The Labute approximate surface area is 121 Å². The molecular formula is C17H26FNO. The summed E-state index contributed by atoms with van der Waals surface area (Å²) < 4.78 is 19.0. The Morgan fingerprint density at radius 3 is 2.85 bits per heavy atom. The molecule has 2 unspecified atom stereocenters. The van der Waals surface area contributed by atoms with Gasteiger partial charge in [-0.25, -0.2) is 4.39 Å². The summed E-state index contributed by atoms with van der Waals surface area (Å²) in [4.78, 5) is 0. The van der Waals surface area contributed by atoms with Crippen LogP contribution in [0.3, 0.4) is 0 Å². The molecule has 1 saturated carbocycles. The van der Waals surface area contributed by atoms with Gasteiger partial charge >= 0.3 is 0 Å². The number of ether oxygens (including phenoxy) is 1. The number of halogens is 1. The molecule has 0 spiro atoms. The molecule has 2 atom stereocenters. The van der Waals surface area contributed by atoms with E-state index in [1.165, 1.54) is 18.9 Å². The number of rotatable bonds is 6. The fraction of sp³-hybridized carbons (Fsp3) is 0.647. The number of nitrogens with one attached hydrogen (secondary N) is 1. The molecule has 1 fully saturated rings. The van der Waals surface area contributed by atoms with Gasteiger partial charge in [-0.2, -0.15) is 0 Å². The highest BCUT2D eigenvalue weighted by Crippen LogP contribution is 2.42. The maximum absolute atomic E-state index is 13.6. The molecule has 0 bridgehead atoms. The van der Waals surface area contributed by atoms with Crippen LogP contribution in [0.5, 0.6) is 5.75 Å². The van der Waals surface area contributed by atoms with Gasteiger partial charge in [0.2, 0.25) is 0 Å². The zero-order valence-corrected chi connectivity index (χ0v) is 12.8. The Balaban J connectivity index is 2.08. The molecule has 112 valence electrons. The molecule has 2 rings (SSSR count). The maximum Gasteiger partial charge on any atom is 0.123 e. The molecule has 20 heavy (non-hydrogen) atoms. The number of hydrogen-bond acceptors (Lipinski definition) is 2. The van der Waals surface area contributed by atoms with Crippen molar-refractivity contribution in [3.63, 3.8) is 0 Å². The van der Waals surface area contributed by atoms with Crippen LogP contribution in [-0.4, -0.2) is 20.2 Å². The Hall–Kier alpha value is -1.09. The van der Waals surface area contributed by atoms with E-state index in [-0.39, 0.29) is 5.82 Å². The van der Waals surface area contributed by atoms with Crippen LogP contribution in [0.2, 0.25) is 0 Å². The number of hydrogen-bond donors (Lipinski definition) is 1. The SMILES string of the molecule is COc1ccc(F)cc1C1CCCC1CNCC(C)C. The molecule has 0 radical (unpaired) electrons. The first-order valence-electron chi connectivity index (χ1n) is 7.66. The average Bonchev–Trinajstić information content (AvgIpc) is 2.86. The third-order valence-corrected chi connectivity index (χ3v) is 4.21. The van der Waals surface area contributed by atoms with Gasteiger partial charge < -0.3 is 10.1 Å². The fourth-order valence-electron chi connectivity index (χ4n) is 3.24. The van der Waals surface area contributed by atoms with E-state index in [0.717, 1.165) is 30.8 Å². The van der Waals surface area contributed by atoms with Crippen molar-refractivity contribution in [1.82, 2.24) is 5.32 Å². The van der Waals surface area contributed by atoms with E-state index >= 15 is 0 Å². The third-order valence-electron chi connectivity index (χ3n) is 4.21. The Bertz CT molecular complexity index is 433. The highest BCUT2D eigenvalue weighted by Gasteiger charge is 2.30. The zero-order valence-electron chi connectivity index (χ0n) is 12.8. The van der Waals surface area contributed by atoms with Crippen LogP contribution in [0.1, 0.15) is 44.6 Å². The van der Waals surface area contributed by atoms with Gasteiger partial charge in [-0.05, 0) is 61.9 Å². The average molecular weight is 279 g/mol. The summed E-state index contributed by atoms with van der Waals surface area (Å²) >= 11 is 0. The summed E-state index contributed by atoms with van der Waals surface area (Å²) in [5.74, 6) is 2.33. The Morgan fingerprint density at radius 1 is 1.35 bits per heavy atom. The normalized spacial score (nSPS) is 22.4. The predicted octanol–water partition coefficient (Wildman–Crippen LogP) is 3.96. The van der Waals surface area contributed by atoms with E-state index in [0.29, 0.717) is 17.8 Å². The van der Waals surface area contributed by atoms with Crippen molar-refractivity contribution >= 4 is 0 Å². The van der Waals surface area contributed by atoms with Gasteiger partial charge in [0, 0.05) is 5.56 Å². The van der Waals surface area contributed by atoms with Crippen LogP contribution in [0.15, 0.2) is 18.2 Å².